The van der Waals surface area contributed by atoms with Gasteiger partial charge in [0.2, 0.25) is 0 Å². The van der Waals surface area contributed by atoms with Crippen molar-refractivity contribution >= 4 is 22.9 Å². The molecule has 0 aliphatic heterocycles. The summed E-state index contributed by atoms with van der Waals surface area (Å²) >= 11 is 0. The Bertz CT molecular complexity index is 588. The molecule has 0 N–H and O–H groups in total. The molecule has 0 amide bonds. The van der Waals surface area contributed by atoms with E-state index in [1.54, 1.807) is 0 Å². The van der Waals surface area contributed by atoms with Crippen LogP contribution in [-0.4, -0.2) is 25.4 Å². The lowest BCUT2D eigenvalue weighted by atomic mass is 10.0. The molecule has 88 valence electrons. The molecular weight excluding hydrogens is 212 g/mol. The maximum atomic E-state index is 10.9. The summed E-state index contributed by atoms with van der Waals surface area (Å²) in [6.07, 6.45) is 0.881. The Kier molecular flexibility index (Phi) is 2.84. The number of hydrogen-bond donors (Lipinski definition) is 0. The number of fused-ring (bicyclic) bond motifs is 1. The van der Waals surface area contributed by atoms with Gasteiger partial charge >= 0.3 is 0 Å². The Morgan fingerprint density at radius 1 is 1.18 bits per heavy atom. The van der Waals surface area contributed by atoms with E-state index in [9.17, 15) is 4.79 Å². The minimum Gasteiger partial charge on any atom is -0.377 e. The molecule has 0 aliphatic rings. The summed E-state index contributed by atoms with van der Waals surface area (Å²) in [5.41, 5.74) is 4.79. The van der Waals surface area contributed by atoms with Crippen molar-refractivity contribution in [2.24, 2.45) is 0 Å². The van der Waals surface area contributed by atoms with E-state index in [1.165, 1.54) is 0 Å². The van der Waals surface area contributed by atoms with Gasteiger partial charge in [-0.1, -0.05) is 0 Å². The van der Waals surface area contributed by atoms with E-state index in [-0.39, 0.29) is 0 Å². The van der Waals surface area contributed by atoms with Crippen molar-refractivity contribution in [1.82, 2.24) is 4.98 Å². The summed E-state index contributed by atoms with van der Waals surface area (Å²) in [4.78, 5) is 17.5. The molecule has 0 radical (unpaired) electrons. The number of carbonyl (C=O) groups is 1. The first-order valence-corrected chi connectivity index (χ1v) is 5.57. The summed E-state index contributed by atoms with van der Waals surface area (Å²) in [5, 5.41) is 1.03. The van der Waals surface area contributed by atoms with Crippen LogP contribution in [0.15, 0.2) is 18.2 Å². The fourth-order valence-corrected chi connectivity index (χ4v) is 2.07. The normalized spacial score (nSPS) is 10.6. The molecule has 2 rings (SSSR count). The predicted molar refractivity (Wildman–Crippen MR) is 70.9 cm³/mol. The van der Waals surface area contributed by atoms with Crippen molar-refractivity contribution in [3.05, 3.63) is 35.0 Å². The Labute approximate surface area is 101 Å². The van der Waals surface area contributed by atoms with Gasteiger partial charge in [-0.05, 0) is 37.6 Å². The molecule has 1 aromatic carbocycles. The maximum absolute atomic E-state index is 10.9. The van der Waals surface area contributed by atoms with Crippen LogP contribution in [0.1, 0.15) is 21.6 Å². The van der Waals surface area contributed by atoms with Crippen molar-refractivity contribution in [2.75, 3.05) is 19.0 Å². The highest BCUT2D eigenvalue weighted by atomic mass is 16.1. The first-order chi connectivity index (χ1) is 8.02. The molecule has 3 nitrogen and oxygen atoms in total. The number of benzene rings is 1. The molecule has 0 saturated heterocycles. The summed E-state index contributed by atoms with van der Waals surface area (Å²) < 4.78 is 0. The van der Waals surface area contributed by atoms with Crippen LogP contribution in [0.5, 0.6) is 0 Å². The highest BCUT2D eigenvalue weighted by Crippen LogP contribution is 2.28. The molecule has 2 aromatic rings. The highest BCUT2D eigenvalue weighted by Gasteiger charge is 2.09. The average Bonchev–Trinajstić information content (AvgIpc) is 2.28. The first-order valence-electron chi connectivity index (χ1n) is 5.57. The molecule has 3 heteroatoms. The van der Waals surface area contributed by atoms with E-state index < -0.39 is 0 Å². The second-order valence-corrected chi connectivity index (χ2v) is 4.53. The van der Waals surface area contributed by atoms with Gasteiger partial charge in [-0.3, -0.25) is 9.78 Å². The molecular formula is C14H16N2O. The van der Waals surface area contributed by atoms with Crippen molar-refractivity contribution in [1.29, 1.82) is 0 Å². The van der Waals surface area contributed by atoms with Gasteiger partial charge in [0.15, 0.2) is 0 Å². The van der Waals surface area contributed by atoms with Crippen LogP contribution >= 0.6 is 0 Å². The van der Waals surface area contributed by atoms with Gasteiger partial charge in [0.1, 0.15) is 6.29 Å². The quantitative estimate of drug-likeness (QED) is 0.741. The summed E-state index contributed by atoms with van der Waals surface area (Å²) in [6, 6.07) is 5.81. The Hall–Kier alpha value is -1.90. The van der Waals surface area contributed by atoms with Crippen molar-refractivity contribution < 1.29 is 4.79 Å². The van der Waals surface area contributed by atoms with Crippen LogP contribution in [0.2, 0.25) is 0 Å². The molecule has 0 bridgehead atoms. The minimum absolute atomic E-state index is 0.698. The predicted octanol–water partition coefficient (Wildman–Crippen LogP) is 2.73. The molecule has 1 aromatic heterocycles. The minimum atomic E-state index is 0.698. The second-order valence-electron chi connectivity index (χ2n) is 4.53. The smallest absolute Gasteiger partial charge is 0.150 e. The summed E-state index contributed by atoms with van der Waals surface area (Å²) in [5.74, 6) is 0. The Morgan fingerprint density at radius 2 is 1.88 bits per heavy atom. The third-order valence-corrected chi connectivity index (χ3v) is 2.85. The van der Waals surface area contributed by atoms with Crippen LogP contribution < -0.4 is 4.90 Å². The molecule has 0 saturated carbocycles. The van der Waals surface area contributed by atoms with Gasteiger partial charge in [-0.25, -0.2) is 0 Å². The SMILES string of the molecule is Cc1cc(N(C)C)c2cc(C=O)cc(C)c2n1. The van der Waals surface area contributed by atoms with Crippen molar-refractivity contribution in [3.8, 4) is 0 Å². The van der Waals surface area contributed by atoms with Crippen molar-refractivity contribution in [3.63, 3.8) is 0 Å². The monoisotopic (exact) mass is 228 g/mol. The van der Waals surface area contributed by atoms with Gasteiger partial charge < -0.3 is 4.90 Å². The number of hydrogen-bond acceptors (Lipinski definition) is 3. The van der Waals surface area contributed by atoms with Crippen LogP contribution in [0, 0.1) is 13.8 Å². The van der Waals surface area contributed by atoms with E-state index in [0.717, 1.165) is 34.1 Å². The van der Waals surface area contributed by atoms with E-state index >= 15 is 0 Å². The zero-order chi connectivity index (χ0) is 12.6. The van der Waals surface area contributed by atoms with Gasteiger partial charge in [0.05, 0.1) is 5.52 Å². The van der Waals surface area contributed by atoms with Gasteiger partial charge in [0, 0.05) is 36.4 Å². The highest BCUT2D eigenvalue weighted by molar-refractivity contribution is 5.97. The maximum Gasteiger partial charge on any atom is 0.150 e. The Morgan fingerprint density at radius 3 is 2.47 bits per heavy atom. The molecule has 0 spiro atoms. The largest absolute Gasteiger partial charge is 0.377 e. The van der Waals surface area contributed by atoms with Crippen LogP contribution in [0.25, 0.3) is 10.9 Å². The van der Waals surface area contributed by atoms with Crippen LogP contribution in [0.4, 0.5) is 5.69 Å². The van der Waals surface area contributed by atoms with Crippen LogP contribution in [0.3, 0.4) is 0 Å². The Balaban J connectivity index is 2.89. The molecule has 0 unspecified atom stereocenters. The number of aryl methyl sites for hydroxylation is 2. The van der Waals surface area contributed by atoms with Crippen LogP contribution in [-0.2, 0) is 0 Å². The number of pyridine rings is 1. The molecule has 0 fully saturated rings. The zero-order valence-electron chi connectivity index (χ0n) is 10.6. The molecule has 1 heterocycles. The fraction of sp³-hybridized carbons (Fsp3) is 0.286. The van der Waals surface area contributed by atoms with Gasteiger partial charge in [-0.2, -0.15) is 0 Å². The first kappa shape index (κ1) is 11.6. The summed E-state index contributed by atoms with van der Waals surface area (Å²) in [6.45, 7) is 3.97. The third-order valence-electron chi connectivity index (χ3n) is 2.85. The lowest BCUT2D eigenvalue weighted by molar-refractivity contribution is 0.112. The molecule has 0 atom stereocenters. The number of aromatic nitrogens is 1. The summed E-state index contributed by atoms with van der Waals surface area (Å²) in [7, 11) is 3.99. The van der Waals surface area contributed by atoms with E-state index in [4.69, 9.17) is 0 Å². The standard InChI is InChI=1S/C14H16N2O/c1-9-5-11(8-17)7-12-13(16(3)4)6-10(2)15-14(9)12/h5-8H,1-4H3. The number of carbonyl (C=O) groups excluding carboxylic acids is 1. The number of aldehydes is 1. The molecule has 0 aliphatic carbocycles. The lowest BCUT2D eigenvalue weighted by Gasteiger charge is -2.17. The number of rotatable bonds is 2. The van der Waals surface area contributed by atoms with E-state index in [2.05, 4.69) is 4.98 Å². The average molecular weight is 228 g/mol. The number of nitrogens with zero attached hydrogens (tertiary/aromatic N) is 2. The van der Waals surface area contributed by atoms with Gasteiger partial charge in [-0.15, -0.1) is 0 Å². The fourth-order valence-electron chi connectivity index (χ4n) is 2.07. The molecule has 17 heavy (non-hydrogen) atoms. The lowest BCUT2D eigenvalue weighted by Crippen LogP contribution is -2.10. The third kappa shape index (κ3) is 2.00. The van der Waals surface area contributed by atoms with E-state index in [0.29, 0.717) is 5.56 Å². The second kappa shape index (κ2) is 4.17. The van der Waals surface area contributed by atoms with E-state index in [1.807, 2.05) is 51.0 Å². The number of anilines is 1. The topological polar surface area (TPSA) is 33.2 Å². The van der Waals surface area contributed by atoms with Gasteiger partial charge in [0.25, 0.3) is 0 Å². The zero-order valence-corrected chi connectivity index (χ0v) is 10.6. The van der Waals surface area contributed by atoms with Crippen molar-refractivity contribution in [2.45, 2.75) is 13.8 Å².